The fourth-order valence-electron chi connectivity index (χ4n) is 1.92. The van der Waals surface area contributed by atoms with E-state index in [-0.39, 0.29) is 12.0 Å². The van der Waals surface area contributed by atoms with Gasteiger partial charge >= 0.3 is 5.97 Å². The molecule has 0 radical (unpaired) electrons. The normalized spacial score (nSPS) is 19.9. The zero-order valence-corrected chi connectivity index (χ0v) is 11.2. The fourth-order valence-corrected chi connectivity index (χ4v) is 2.32. The Morgan fingerprint density at radius 2 is 2.24 bits per heavy atom. The zero-order chi connectivity index (χ0) is 12.1. The van der Waals surface area contributed by atoms with Crippen molar-refractivity contribution in [2.24, 2.45) is 0 Å². The molecular weight excluding hydrogens is 282 g/mol. The van der Waals surface area contributed by atoms with Crippen LogP contribution >= 0.6 is 15.9 Å². The van der Waals surface area contributed by atoms with E-state index in [9.17, 15) is 4.79 Å². The number of ether oxygens (including phenoxy) is 1. The van der Waals surface area contributed by atoms with E-state index in [1.165, 1.54) is 0 Å². The molecule has 3 nitrogen and oxygen atoms in total. The average molecular weight is 298 g/mol. The summed E-state index contributed by atoms with van der Waals surface area (Å²) in [5.41, 5.74) is 0.997. The van der Waals surface area contributed by atoms with Crippen LogP contribution in [0.5, 0.6) is 0 Å². The van der Waals surface area contributed by atoms with Crippen LogP contribution < -0.4 is 5.32 Å². The minimum Gasteiger partial charge on any atom is -0.460 e. The van der Waals surface area contributed by atoms with Crippen LogP contribution in [-0.2, 0) is 16.1 Å². The Balaban J connectivity index is 1.85. The van der Waals surface area contributed by atoms with E-state index in [0.29, 0.717) is 6.61 Å². The van der Waals surface area contributed by atoms with Crippen LogP contribution in [0.3, 0.4) is 0 Å². The molecule has 4 heteroatoms. The third kappa shape index (κ3) is 3.54. The van der Waals surface area contributed by atoms with Gasteiger partial charge in [-0.2, -0.15) is 0 Å². The van der Waals surface area contributed by atoms with Gasteiger partial charge < -0.3 is 10.1 Å². The minimum absolute atomic E-state index is 0.119. The second-order valence-corrected chi connectivity index (χ2v) is 5.06. The van der Waals surface area contributed by atoms with E-state index in [0.717, 1.165) is 35.8 Å². The molecule has 92 valence electrons. The number of hydrogen-bond acceptors (Lipinski definition) is 3. The first-order valence-electron chi connectivity index (χ1n) is 5.91. The van der Waals surface area contributed by atoms with Crippen LogP contribution in [0, 0.1) is 0 Å². The van der Waals surface area contributed by atoms with Crippen LogP contribution in [0.4, 0.5) is 0 Å². The second kappa shape index (κ2) is 6.17. The molecule has 2 rings (SSSR count). The standard InChI is InChI=1S/C13H16BrNO2/c14-11-6-2-1-5-10(11)9-17-13(16)12-7-3-4-8-15-12/h1-2,5-6,12,15H,3-4,7-9H2/t12-/m1/s1. The van der Waals surface area contributed by atoms with E-state index < -0.39 is 0 Å². The Hall–Kier alpha value is -0.870. The Bertz CT molecular complexity index is 389. The summed E-state index contributed by atoms with van der Waals surface area (Å²) in [6.07, 6.45) is 3.13. The van der Waals surface area contributed by atoms with Crippen LogP contribution in [0.1, 0.15) is 24.8 Å². The van der Waals surface area contributed by atoms with E-state index >= 15 is 0 Å². The number of piperidine rings is 1. The van der Waals surface area contributed by atoms with Gasteiger partial charge in [0.05, 0.1) is 0 Å². The predicted molar refractivity (Wildman–Crippen MR) is 69.6 cm³/mol. The summed E-state index contributed by atoms with van der Waals surface area (Å²) in [4.78, 5) is 11.8. The van der Waals surface area contributed by atoms with Gasteiger partial charge in [0.1, 0.15) is 12.6 Å². The summed E-state index contributed by atoms with van der Waals surface area (Å²) < 4.78 is 6.29. The summed E-state index contributed by atoms with van der Waals surface area (Å²) in [6.45, 7) is 1.24. The molecule has 1 saturated heterocycles. The topological polar surface area (TPSA) is 38.3 Å². The second-order valence-electron chi connectivity index (χ2n) is 4.20. The van der Waals surface area contributed by atoms with Crippen molar-refractivity contribution in [3.8, 4) is 0 Å². The number of rotatable bonds is 3. The fraction of sp³-hybridized carbons (Fsp3) is 0.462. The first kappa shape index (κ1) is 12.6. The summed E-state index contributed by atoms with van der Waals surface area (Å²) in [6, 6.07) is 7.66. The van der Waals surface area contributed by atoms with Crippen molar-refractivity contribution >= 4 is 21.9 Å². The molecule has 1 fully saturated rings. The minimum atomic E-state index is -0.138. The van der Waals surface area contributed by atoms with E-state index in [1.54, 1.807) is 0 Å². The average Bonchev–Trinajstić information content (AvgIpc) is 2.38. The maximum atomic E-state index is 11.8. The SMILES string of the molecule is O=C(OCc1ccccc1Br)[C@H]1CCCCN1. The number of carbonyl (C=O) groups excluding carboxylic acids is 1. The lowest BCUT2D eigenvalue weighted by Crippen LogP contribution is -2.41. The van der Waals surface area contributed by atoms with Gasteiger partial charge in [-0.15, -0.1) is 0 Å². The molecule has 0 bridgehead atoms. The van der Waals surface area contributed by atoms with Crippen LogP contribution in [0.15, 0.2) is 28.7 Å². The molecule has 1 aromatic carbocycles. The summed E-state index contributed by atoms with van der Waals surface area (Å²) in [5, 5.41) is 3.18. The van der Waals surface area contributed by atoms with Gasteiger partial charge in [0, 0.05) is 10.0 Å². The number of esters is 1. The molecule has 0 saturated carbocycles. The maximum absolute atomic E-state index is 11.8. The monoisotopic (exact) mass is 297 g/mol. The number of carbonyl (C=O) groups is 1. The van der Waals surface area contributed by atoms with E-state index in [2.05, 4.69) is 21.2 Å². The molecule has 0 unspecified atom stereocenters. The third-order valence-electron chi connectivity index (χ3n) is 2.92. The van der Waals surface area contributed by atoms with Gasteiger partial charge in [-0.3, -0.25) is 4.79 Å². The molecule has 17 heavy (non-hydrogen) atoms. The Morgan fingerprint density at radius 1 is 1.41 bits per heavy atom. The van der Waals surface area contributed by atoms with Crippen LogP contribution in [-0.4, -0.2) is 18.6 Å². The van der Waals surface area contributed by atoms with Crippen molar-refractivity contribution in [1.82, 2.24) is 5.32 Å². The Labute approximate surface area is 110 Å². The van der Waals surface area contributed by atoms with Gasteiger partial charge in [-0.1, -0.05) is 40.5 Å². The highest BCUT2D eigenvalue weighted by Crippen LogP contribution is 2.17. The van der Waals surface area contributed by atoms with Gasteiger partial charge in [0.2, 0.25) is 0 Å². The first-order chi connectivity index (χ1) is 8.27. The highest BCUT2D eigenvalue weighted by atomic mass is 79.9. The number of halogens is 1. The lowest BCUT2D eigenvalue weighted by Gasteiger charge is -2.21. The highest BCUT2D eigenvalue weighted by Gasteiger charge is 2.21. The van der Waals surface area contributed by atoms with Crippen molar-refractivity contribution in [2.45, 2.75) is 31.9 Å². The summed E-state index contributed by atoms with van der Waals surface area (Å²) in [5.74, 6) is -0.138. The number of benzene rings is 1. The lowest BCUT2D eigenvalue weighted by molar-refractivity contribution is -0.148. The van der Waals surface area contributed by atoms with Crippen molar-refractivity contribution in [1.29, 1.82) is 0 Å². The van der Waals surface area contributed by atoms with Crippen molar-refractivity contribution in [3.05, 3.63) is 34.3 Å². The zero-order valence-electron chi connectivity index (χ0n) is 9.62. The maximum Gasteiger partial charge on any atom is 0.323 e. The van der Waals surface area contributed by atoms with Crippen molar-refractivity contribution < 1.29 is 9.53 Å². The summed E-state index contributed by atoms with van der Waals surface area (Å²) >= 11 is 3.44. The van der Waals surface area contributed by atoms with Crippen molar-refractivity contribution in [3.63, 3.8) is 0 Å². The first-order valence-corrected chi connectivity index (χ1v) is 6.70. The van der Waals surface area contributed by atoms with E-state index in [4.69, 9.17) is 4.74 Å². The Kier molecular flexibility index (Phi) is 4.57. The van der Waals surface area contributed by atoms with Crippen molar-refractivity contribution in [2.75, 3.05) is 6.54 Å². The van der Waals surface area contributed by atoms with Gasteiger partial charge in [0.25, 0.3) is 0 Å². The summed E-state index contributed by atoms with van der Waals surface area (Å²) in [7, 11) is 0. The highest BCUT2D eigenvalue weighted by molar-refractivity contribution is 9.10. The van der Waals surface area contributed by atoms with Gasteiger partial charge in [-0.05, 0) is 25.5 Å². The molecule has 1 heterocycles. The molecule has 1 aliphatic heterocycles. The molecule has 1 aromatic rings. The Morgan fingerprint density at radius 3 is 2.94 bits per heavy atom. The molecular formula is C13H16BrNO2. The molecule has 1 N–H and O–H groups in total. The quantitative estimate of drug-likeness (QED) is 0.872. The number of hydrogen-bond donors (Lipinski definition) is 1. The molecule has 0 spiro atoms. The van der Waals surface area contributed by atoms with Gasteiger partial charge in [0.15, 0.2) is 0 Å². The lowest BCUT2D eigenvalue weighted by atomic mass is 10.1. The molecule has 1 aliphatic rings. The molecule has 1 atom stereocenters. The number of nitrogens with one attached hydrogen (secondary N) is 1. The predicted octanol–water partition coefficient (Wildman–Crippen LogP) is 2.63. The van der Waals surface area contributed by atoms with Crippen LogP contribution in [0.2, 0.25) is 0 Å². The van der Waals surface area contributed by atoms with Gasteiger partial charge in [-0.25, -0.2) is 0 Å². The smallest absolute Gasteiger partial charge is 0.323 e. The van der Waals surface area contributed by atoms with E-state index in [1.807, 2.05) is 24.3 Å². The molecule has 0 amide bonds. The third-order valence-corrected chi connectivity index (χ3v) is 3.70. The van der Waals surface area contributed by atoms with Crippen LogP contribution in [0.25, 0.3) is 0 Å². The largest absolute Gasteiger partial charge is 0.460 e. The molecule has 0 aliphatic carbocycles. The molecule has 0 aromatic heterocycles.